The van der Waals surface area contributed by atoms with E-state index in [2.05, 4.69) is 31.3 Å². The number of hydrogen-bond donors (Lipinski definition) is 3. The normalized spacial score (nSPS) is 14.3. The lowest BCUT2D eigenvalue weighted by Gasteiger charge is -2.26. The molecule has 3 atom stereocenters. The molecular weight excluding hydrogens is 732 g/mol. The van der Waals surface area contributed by atoms with E-state index in [0.717, 1.165) is 44.9 Å². The van der Waals surface area contributed by atoms with Crippen molar-refractivity contribution >= 4 is 13.7 Å². The second-order valence-electron chi connectivity index (χ2n) is 18.2. The number of nitrogens with one attached hydrogen (secondary N) is 1. The van der Waals surface area contributed by atoms with Crippen LogP contribution in [0, 0.1) is 0 Å². The molecule has 0 bridgehead atoms. The van der Waals surface area contributed by atoms with E-state index in [4.69, 9.17) is 9.05 Å². The van der Waals surface area contributed by atoms with E-state index in [-0.39, 0.29) is 19.1 Å². The number of rotatable bonds is 45. The Morgan fingerprint density at radius 2 is 0.947 bits per heavy atom. The van der Waals surface area contributed by atoms with Crippen LogP contribution in [-0.4, -0.2) is 73.4 Å². The van der Waals surface area contributed by atoms with E-state index in [9.17, 15) is 19.4 Å². The predicted molar refractivity (Wildman–Crippen MR) is 245 cm³/mol. The maximum absolute atomic E-state index is 12.8. The molecule has 0 radical (unpaired) electrons. The van der Waals surface area contributed by atoms with Gasteiger partial charge in [-0.2, -0.15) is 0 Å². The maximum atomic E-state index is 12.8. The van der Waals surface area contributed by atoms with E-state index < -0.39 is 20.0 Å². The number of phosphoric acid groups is 1. The van der Waals surface area contributed by atoms with Crippen LogP contribution in [0.1, 0.15) is 239 Å². The van der Waals surface area contributed by atoms with Crippen molar-refractivity contribution in [3.05, 3.63) is 12.2 Å². The summed E-state index contributed by atoms with van der Waals surface area (Å²) in [5, 5.41) is 13.7. The first-order chi connectivity index (χ1) is 27.5. The summed E-state index contributed by atoms with van der Waals surface area (Å²) in [5.74, 6) is -0.150. The van der Waals surface area contributed by atoms with Crippen molar-refractivity contribution in [2.45, 2.75) is 251 Å². The molecule has 57 heavy (non-hydrogen) atoms. The predicted octanol–water partition coefficient (Wildman–Crippen LogP) is 13.9. The summed E-state index contributed by atoms with van der Waals surface area (Å²) >= 11 is 0. The molecule has 340 valence electrons. The lowest BCUT2D eigenvalue weighted by atomic mass is 10.0. The molecule has 0 saturated carbocycles. The molecule has 0 saturated heterocycles. The molecule has 0 aliphatic carbocycles. The van der Waals surface area contributed by atoms with Crippen LogP contribution in [0.15, 0.2) is 12.2 Å². The van der Waals surface area contributed by atoms with Crippen molar-refractivity contribution in [1.29, 1.82) is 0 Å². The van der Waals surface area contributed by atoms with Crippen LogP contribution in [-0.2, 0) is 18.4 Å². The summed E-state index contributed by atoms with van der Waals surface area (Å²) in [5.41, 5.74) is 0. The highest BCUT2D eigenvalue weighted by atomic mass is 31.2. The Morgan fingerprint density at radius 1 is 0.579 bits per heavy atom. The third-order valence-electron chi connectivity index (χ3n) is 11.3. The average molecular weight is 830 g/mol. The minimum atomic E-state index is -4.29. The van der Waals surface area contributed by atoms with Gasteiger partial charge in [-0.3, -0.25) is 13.8 Å². The largest absolute Gasteiger partial charge is 0.472 e. The zero-order valence-corrected chi connectivity index (χ0v) is 39.5. The highest BCUT2D eigenvalue weighted by Crippen LogP contribution is 2.43. The number of aliphatic hydroxyl groups excluding tert-OH is 1. The zero-order valence-electron chi connectivity index (χ0n) is 38.6. The van der Waals surface area contributed by atoms with Gasteiger partial charge in [0.25, 0.3) is 0 Å². The molecule has 0 fully saturated rings. The molecule has 1 amide bonds. The van der Waals surface area contributed by atoms with Gasteiger partial charge in [0.2, 0.25) is 5.91 Å². The highest BCUT2D eigenvalue weighted by Gasteiger charge is 2.28. The fourth-order valence-corrected chi connectivity index (χ4v) is 8.07. The van der Waals surface area contributed by atoms with Crippen molar-refractivity contribution in [3.63, 3.8) is 0 Å². The Bertz CT molecular complexity index is 942. The van der Waals surface area contributed by atoms with E-state index >= 15 is 0 Å². The molecule has 0 aromatic heterocycles. The van der Waals surface area contributed by atoms with Gasteiger partial charge in [0.1, 0.15) is 13.2 Å². The van der Waals surface area contributed by atoms with Crippen LogP contribution < -0.4 is 5.32 Å². The Morgan fingerprint density at radius 3 is 1.35 bits per heavy atom. The Labute approximate surface area is 354 Å². The zero-order chi connectivity index (χ0) is 42.1. The molecule has 0 aromatic rings. The average Bonchev–Trinajstić information content (AvgIpc) is 3.16. The summed E-state index contributed by atoms with van der Waals surface area (Å²) in [6, 6.07) is -0.752. The van der Waals surface area contributed by atoms with Gasteiger partial charge in [-0.1, -0.05) is 206 Å². The van der Waals surface area contributed by atoms with E-state index in [1.807, 2.05) is 21.1 Å². The molecule has 0 aromatic carbocycles. The molecule has 0 aliphatic heterocycles. The molecule has 0 spiro atoms. The summed E-state index contributed by atoms with van der Waals surface area (Å²) in [7, 11) is 1.62. The maximum Gasteiger partial charge on any atom is 0.472 e. The number of likely N-dealkylation sites (N-methyl/N-ethyl adjacent to an activating group) is 1. The quantitative estimate of drug-likeness (QED) is 0.0244. The summed E-state index contributed by atoms with van der Waals surface area (Å²) < 4.78 is 23.4. The van der Waals surface area contributed by atoms with Gasteiger partial charge < -0.3 is 19.8 Å². The first-order valence-corrected chi connectivity index (χ1v) is 26.0. The first kappa shape index (κ1) is 56.2. The van der Waals surface area contributed by atoms with Crippen molar-refractivity contribution in [2.24, 2.45) is 0 Å². The van der Waals surface area contributed by atoms with Crippen molar-refractivity contribution in [3.8, 4) is 0 Å². The topological polar surface area (TPSA) is 105 Å². The highest BCUT2D eigenvalue weighted by molar-refractivity contribution is 7.47. The monoisotopic (exact) mass is 830 g/mol. The van der Waals surface area contributed by atoms with Gasteiger partial charge >= 0.3 is 7.82 Å². The molecule has 0 aliphatic rings. The van der Waals surface area contributed by atoms with Crippen LogP contribution in [0.2, 0.25) is 0 Å². The number of amides is 1. The lowest BCUT2D eigenvalue weighted by Crippen LogP contribution is -2.46. The van der Waals surface area contributed by atoms with Gasteiger partial charge in [-0.05, 0) is 38.5 Å². The Hall–Kier alpha value is -0.760. The number of quaternary nitrogens is 1. The molecule has 3 N–H and O–H groups in total. The van der Waals surface area contributed by atoms with Gasteiger partial charge in [-0.15, -0.1) is 0 Å². The minimum absolute atomic E-state index is 0.0759. The summed E-state index contributed by atoms with van der Waals surface area (Å²) in [6.07, 6.45) is 47.6. The lowest BCUT2D eigenvalue weighted by molar-refractivity contribution is -0.870. The number of allylic oxidation sites excluding steroid dienone is 2. The van der Waals surface area contributed by atoms with Gasteiger partial charge in [0.15, 0.2) is 0 Å². The van der Waals surface area contributed by atoms with E-state index in [1.54, 1.807) is 0 Å². The van der Waals surface area contributed by atoms with E-state index in [0.29, 0.717) is 23.9 Å². The Kier molecular flexibility index (Phi) is 40.1. The number of hydrogen-bond acceptors (Lipinski definition) is 5. The summed E-state index contributed by atoms with van der Waals surface area (Å²) in [4.78, 5) is 22.9. The number of nitrogens with zero attached hydrogens (tertiary/aromatic N) is 1. The number of carbonyl (C=O) groups is 1. The second kappa shape index (κ2) is 40.6. The van der Waals surface area contributed by atoms with Gasteiger partial charge in [-0.25, -0.2) is 4.57 Å². The fourth-order valence-electron chi connectivity index (χ4n) is 7.34. The third kappa shape index (κ3) is 43.1. The third-order valence-corrected chi connectivity index (χ3v) is 12.2. The fraction of sp³-hybridized carbons (Fsp3) is 0.938. The SMILES string of the molecule is CCCCCCCCCC/C=C\CCCCCCCCCCCCCCCCCCCCCC(=O)NC(COP(=O)(O)OCC[N+](C)(C)C)C(O)CCCCCC. The molecule has 0 rings (SSSR count). The van der Waals surface area contributed by atoms with Crippen molar-refractivity contribution in [1.82, 2.24) is 5.32 Å². The van der Waals surface area contributed by atoms with Crippen molar-refractivity contribution < 1.29 is 32.9 Å². The van der Waals surface area contributed by atoms with Crippen LogP contribution in [0.4, 0.5) is 0 Å². The van der Waals surface area contributed by atoms with Crippen LogP contribution >= 0.6 is 7.82 Å². The number of unbranched alkanes of at least 4 members (excludes halogenated alkanes) is 30. The standard InChI is InChI=1S/C48H97N2O6P/c1-6-8-10-12-13-14-15-16-17-18-19-20-21-22-23-24-25-26-27-28-29-30-31-32-33-34-35-36-37-38-40-42-48(52)49-46(47(51)41-39-11-9-7-2)45-56-57(53,54)55-44-43-50(3,4)5/h18-19,46-47,51H,6-17,20-45H2,1-5H3,(H-,49,52,53,54)/p+1/b19-18-. The van der Waals surface area contributed by atoms with Crippen LogP contribution in [0.25, 0.3) is 0 Å². The second-order valence-corrected chi connectivity index (χ2v) is 19.6. The van der Waals surface area contributed by atoms with Crippen LogP contribution in [0.5, 0.6) is 0 Å². The van der Waals surface area contributed by atoms with E-state index in [1.165, 1.54) is 167 Å². The number of aliphatic hydroxyl groups is 1. The number of carbonyl (C=O) groups excluding carboxylic acids is 1. The van der Waals surface area contributed by atoms with Crippen molar-refractivity contribution in [2.75, 3.05) is 40.9 Å². The van der Waals surface area contributed by atoms with Gasteiger partial charge in [0, 0.05) is 6.42 Å². The molecule has 3 unspecified atom stereocenters. The van der Waals surface area contributed by atoms with Crippen LogP contribution in [0.3, 0.4) is 0 Å². The smallest absolute Gasteiger partial charge is 0.391 e. The van der Waals surface area contributed by atoms with Gasteiger partial charge in [0.05, 0.1) is 39.9 Å². The molecule has 9 heteroatoms. The molecular formula is C48H98N2O6P+. The minimum Gasteiger partial charge on any atom is -0.391 e. The first-order valence-electron chi connectivity index (χ1n) is 24.6. The molecule has 0 heterocycles. The summed E-state index contributed by atoms with van der Waals surface area (Å²) in [6.45, 7) is 4.78. The molecule has 8 nitrogen and oxygen atoms in total. The Balaban J connectivity index is 3.75. The number of phosphoric ester groups is 1.